The number of aryl methyl sites for hydroxylation is 1. The third-order valence-electron chi connectivity index (χ3n) is 6.28. The van der Waals surface area contributed by atoms with Crippen LogP contribution < -0.4 is 10.6 Å². The first-order valence-corrected chi connectivity index (χ1v) is 12.4. The molecule has 2 aromatic carbocycles. The number of benzene rings is 2. The van der Waals surface area contributed by atoms with Crippen LogP contribution in [0, 0.1) is 5.92 Å². The van der Waals surface area contributed by atoms with E-state index in [1.54, 1.807) is 0 Å². The van der Waals surface area contributed by atoms with Crippen LogP contribution in [0.15, 0.2) is 60.7 Å². The topological polar surface area (TPSA) is 61.4 Å². The van der Waals surface area contributed by atoms with Crippen molar-refractivity contribution in [2.24, 2.45) is 5.92 Å². The summed E-state index contributed by atoms with van der Waals surface area (Å²) in [6, 6.07) is 19.8. The van der Waals surface area contributed by atoms with Crippen LogP contribution in [0.1, 0.15) is 61.9 Å². The van der Waals surface area contributed by atoms with Gasteiger partial charge < -0.3 is 10.6 Å². The summed E-state index contributed by atoms with van der Waals surface area (Å²) in [5.41, 5.74) is 2.03. The second-order valence-corrected chi connectivity index (χ2v) is 9.55. The van der Waals surface area contributed by atoms with Crippen LogP contribution in [0.25, 0.3) is 0 Å². The number of likely N-dealkylation sites (tertiary alicyclic amines) is 1. The first-order chi connectivity index (χ1) is 16.0. The highest BCUT2D eigenvalue weighted by Gasteiger charge is 2.32. The van der Waals surface area contributed by atoms with Gasteiger partial charge in [0.25, 0.3) is 5.91 Å². The van der Waals surface area contributed by atoms with E-state index < -0.39 is 0 Å². The van der Waals surface area contributed by atoms with Crippen molar-refractivity contribution in [3.05, 3.63) is 71.8 Å². The largest absolute Gasteiger partial charge is 0.355 e. The second-order valence-electron chi connectivity index (χ2n) is 9.55. The van der Waals surface area contributed by atoms with E-state index in [1.165, 1.54) is 5.56 Å². The third kappa shape index (κ3) is 8.32. The number of carbonyl (C=O) groups is 2. The van der Waals surface area contributed by atoms with Crippen LogP contribution in [0.2, 0.25) is 0 Å². The van der Waals surface area contributed by atoms with Crippen molar-refractivity contribution in [1.29, 1.82) is 0 Å². The smallest absolute Gasteiger partial charge is 0.251 e. The quantitative estimate of drug-likeness (QED) is 0.471. The predicted octanol–water partition coefficient (Wildman–Crippen LogP) is 4.43. The SMILES string of the molecule is CC(C)C[C@@H](CN1CCC[C@H]1C(=O)NCCCCc1ccccc1)NC(=O)c1ccccc1. The summed E-state index contributed by atoms with van der Waals surface area (Å²) in [5.74, 6) is 0.551. The number of hydrogen-bond acceptors (Lipinski definition) is 3. The number of nitrogens with one attached hydrogen (secondary N) is 2. The van der Waals surface area contributed by atoms with E-state index in [1.807, 2.05) is 36.4 Å². The summed E-state index contributed by atoms with van der Waals surface area (Å²) in [5, 5.41) is 6.37. The minimum atomic E-state index is -0.0950. The van der Waals surface area contributed by atoms with E-state index in [0.29, 0.717) is 18.0 Å². The molecule has 2 atom stereocenters. The molecular weight excluding hydrogens is 410 g/mol. The van der Waals surface area contributed by atoms with Crippen molar-refractivity contribution in [3.8, 4) is 0 Å². The van der Waals surface area contributed by atoms with E-state index in [9.17, 15) is 9.59 Å². The van der Waals surface area contributed by atoms with Crippen molar-refractivity contribution in [2.75, 3.05) is 19.6 Å². The molecule has 0 saturated carbocycles. The fourth-order valence-corrected chi connectivity index (χ4v) is 4.66. The van der Waals surface area contributed by atoms with Gasteiger partial charge in [-0.1, -0.05) is 62.4 Å². The van der Waals surface area contributed by atoms with E-state index in [4.69, 9.17) is 0 Å². The lowest BCUT2D eigenvalue weighted by atomic mass is 10.0. The molecule has 178 valence electrons. The maximum Gasteiger partial charge on any atom is 0.251 e. The van der Waals surface area contributed by atoms with Crippen LogP contribution in [0.5, 0.6) is 0 Å². The number of unbranched alkanes of at least 4 members (excludes halogenated alkanes) is 1. The zero-order valence-electron chi connectivity index (χ0n) is 20.1. The molecule has 0 bridgehead atoms. The van der Waals surface area contributed by atoms with Crippen LogP contribution >= 0.6 is 0 Å². The Morgan fingerprint density at radius 1 is 1.00 bits per heavy atom. The Balaban J connectivity index is 1.47. The number of rotatable bonds is 12. The molecule has 1 saturated heterocycles. The van der Waals surface area contributed by atoms with E-state index >= 15 is 0 Å². The summed E-state index contributed by atoms with van der Waals surface area (Å²) < 4.78 is 0. The van der Waals surface area contributed by atoms with Gasteiger partial charge in [0.1, 0.15) is 0 Å². The Hall–Kier alpha value is -2.66. The van der Waals surface area contributed by atoms with Crippen LogP contribution in [0.4, 0.5) is 0 Å². The Morgan fingerprint density at radius 2 is 1.70 bits per heavy atom. The minimum absolute atomic E-state index is 0.0250. The summed E-state index contributed by atoms with van der Waals surface area (Å²) in [6.45, 7) is 6.68. The van der Waals surface area contributed by atoms with Crippen molar-refractivity contribution in [2.45, 2.75) is 64.5 Å². The van der Waals surface area contributed by atoms with Gasteiger partial charge in [0.05, 0.1) is 6.04 Å². The molecule has 0 unspecified atom stereocenters. The lowest BCUT2D eigenvalue weighted by molar-refractivity contribution is -0.125. The number of hydrogen-bond donors (Lipinski definition) is 2. The van der Waals surface area contributed by atoms with Crippen LogP contribution in [-0.2, 0) is 11.2 Å². The number of carbonyl (C=O) groups excluding carboxylic acids is 2. The highest BCUT2D eigenvalue weighted by atomic mass is 16.2. The zero-order chi connectivity index (χ0) is 23.5. The molecule has 2 amide bonds. The molecule has 0 aromatic heterocycles. The molecule has 0 spiro atoms. The van der Waals surface area contributed by atoms with Gasteiger partial charge in [0.2, 0.25) is 5.91 Å². The summed E-state index contributed by atoms with van der Waals surface area (Å²) in [4.78, 5) is 27.9. The van der Waals surface area contributed by atoms with Gasteiger partial charge in [-0.05, 0) is 68.7 Å². The van der Waals surface area contributed by atoms with Crippen LogP contribution in [0.3, 0.4) is 0 Å². The average molecular weight is 450 g/mol. The van der Waals surface area contributed by atoms with E-state index in [2.05, 4.69) is 53.6 Å². The Bertz CT molecular complexity index is 854. The molecule has 0 radical (unpaired) electrons. The molecule has 1 aliphatic rings. The molecule has 0 aliphatic carbocycles. The van der Waals surface area contributed by atoms with Crippen molar-refractivity contribution >= 4 is 11.8 Å². The van der Waals surface area contributed by atoms with Crippen LogP contribution in [-0.4, -0.2) is 48.4 Å². The van der Waals surface area contributed by atoms with Gasteiger partial charge in [-0.15, -0.1) is 0 Å². The van der Waals surface area contributed by atoms with E-state index in [-0.39, 0.29) is 23.9 Å². The summed E-state index contributed by atoms with van der Waals surface area (Å²) in [6.07, 6.45) is 5.90. The highest BCUT2D eigenvalue weighted by molar-refractivity contribution is 5.94. The zero-order valence-corrected chi connectivity index (χ0v) is 20.1. The molecule has 2 aromatic rings. The fourth-order valence-electron chi connectivity index (χ4n) is 4.66. The molecule has 1 heterocycles. The van der Waals surface area contributed by atoms with Gasteiger partial charge in [-0.3, -0.25) is 14.5 Å². The fraction of sp³-hybridized carbons (Fsp3) is 0.500. The summed E-state index contributed by atoms with van der Waals surface area (Å²) >= 11 is 0. The normalized spacial score (nSPS) is 17.1. The first-order valence-electron chi connectivity index (χ1n) is 12.4. The molecule has 2 N–H and O–H groups in total. The predicted molar refractivity (Wildman–Crippen MR) is 134 cm³/mol. The average Bonchev–Trinajstić information content (AvgIpc) is 3.27. The maximum atomic E-state index is 12.9. The van der Waals surface area contributed by atoms with Crippen molar-refractivity contribution in [1.82, 2.24) is 15.5 Å². The molecule has 33 heavy (non-hydrogen) atoms. The van der Waals surface area contributed by atoms with Crippen molar-refractivity contribution < 1.29 is 9.59 Å². The van der Waals surface area contributed by atoms with Gasteiger partial charge in [0.15, 0.2) is 0 Å². The number of nitrogens with zero attached hydrogens (tertiary/aromatic N) is 1. The van der Waals surface area contributed by atoms with Crippen molar-refractivity contribution in [3.63, 3.8) is 0 Å². The molecule has 5 heteroatoms. The van der Waals surface area contributed by atoms with Gasteiger partial charge in [-0.25, -0.2) is 0 Å². The molecule has 1 fully saturated rings. The Kier molecular flexibility index (Phi) is 9.95. The standard InChI is InChI=1S/C28H39N3O2/c1-22(2)20-25(30-27(32)24-15-7-4-8-16-24)21-31-19-11-17-26(31)28(33)29-18-10-9-14-23-12-5-3-6-13-23/h3-8,12-13,15-16,22,25-26H,9-11,14,17-21H2,1-2H3,(H,29,33)(H,30,32)/t25-,26-/m0/s1. The summed E-state index contributed by atoms with van der Waals surface area (Å²) in [7, 11) is 0. The minimum Gasteiger partial charge on any atom is -0.355 e. The first kappa shape index (κ1) is 25.0. The van der Waals surface area contributed by atoms with Gasteiger partial charge in [0, 0.05) is 24.7 Å². The molecule has 3 rings (SSSR count). The lowest BCUT2D eigenvalue weighted by Gasteiger charge is -2.30. The molecule has 5 nitrogen and oxygen atoms in total. The third-order valence-corrected chi connectivity index (χ3v) is 6.28. The monoisotopic (exact) mass is 449 g/mol. The highest BCUT2D eigenvalue weighted by Crippen LogP contribution is 2.19. The number of amides is 2. The van der Waals surface area contributed by atoms with E-state index in [0.717, 1.165) is 51.6 Å². The lowest BCUT2D eigenvalue weighted by Crippen LogP contribution is -2.50. The Morgan fingerprint density at radius 3 is 2.39 bits per heavy atom. The second kappa shape index (κ2) is 13.1. The molecular formula is C28H39N3O2. The van der Waals surface area contributed by atoms with Gasteiger partial charge >= 0.3 is 0 Å². The van der Waals surface area contributed by atoms with Gasteiger partial charge in [-0.2, -0.15) is 0 Å². The Labute approximate surface area is 199 Å². The maximum absolute atomic E-state index is 12.9. The molecule has 1 aliphatic heterocycles.